The number of amides is 2. The Morgan fingerprint density at radius 1 is 1.12 bits per heavy atom. The van der Waals surface area contributed by atoms with E-state index < -0.39 is 12.2 Å². The van der Waals surface area contributed by atoms with Crippen molar-refractivity contribution in [3.05, 3.63) is 0 Å². The van der Waals surface area contributed by atoms with Gasteiger partial charge in [-0.05, 0) is 13.3 Å². The average Bonchev–Trinajstić information content (AvgIpc) is 2.84. The van der Waals surface area contributed by atoms with Crippen molar-refractivity contribution >= 4 is 11.8 Å². The van der Waals surface area contributed by atoms with Gasteiger partial charge in [0.15, 0.2) is 0 Å². The van der Waals surface area contributed by atoms with Crippen LogP contribution in [0.2, 0.25) is 0 Å². The van der Waals surface area contributed by atoms with Crippen LogP contribution in [-0.4, -0.2) is 45.7 Å². The lowest BCUT2D eigenvalue weighted by Gasteiger charge is -2.29. The van der Waals surface area contributed by atoms with Crippen molar-refractivity contribution in [3.8, 4) is 0 Å². The van der Waals surface area contributed by atoms with E-state index in [1.165, 1.54) is 4.90 Å². The molecule has 3 fully saturated rings. The summed E-state index contributed by atoms with van der Waals surface area (Å²) in [4.78, 5) is 25.2. The summed E-state index contributed by atoms with van der Waals surface area (Å²) in [5, 5.41) is 19.5. The van der Waals surface area contributed by atoms with E-state index in [4.69, 9.17) is 0 Å². The van der Waals surface area contributed by atoms with Crippen molar-refractivity contribution in [3.63, 3.8) is 0 Å². The predicted molar refractivity (Wildman–Crippen MR) is 53.0 cm³/mol. The zero-order chi connectivity index (χ0) is 11.6. The summed E-state index contributed by atoms with van der Waals surface area (Å²) in [6.07, 6.45) is -1.06. The number of likely N-dealkylation sites (tertiary alicyclic amines) is 1. The summed E-state index contributed by atoms with van der Waals surface area (Å²) >= 11 is 0. The second kappa shape index (κ2) is 3.05. The fourth-order valence-corrected chi connectivity index (χ4v) is 3.80. The van der Waals surface area contributed by atoms with Crippen molar-refractivity contribution in [1.82, 2.24) is 4.90 Å². The number of fused-ring (bicyclic) bond motifs is 5. The molecule has 0 aromatic rings. The Morgan fingerprint density at radius 2 is 1.56 bits per heavy atom. The van der Waals surface area contributed by atoms with Gasteiger partial charge in [-0.2, -0.15) is 0 Å². The Balaban J connectivity index is 1.99. The van der Waals surface area contributed by atoms with Crippen LogP contribution in [0, 0.1) is 23.7 Å². The van der Waals surface area contributed by atoms with Gasteiger partial charge < -0.3 is 10.2 Å². The molecule has 6 atom stereocenters. The van der Waals surface area contributed by atoms with E-state index in [2.05, 4.69) is 0 Å². The van der Waals surface area contributed by atoms with Crippen LogP contribution < -0.4 is 0 Å². The van der Waals surface area contributed by atoms with E-state index in [1.54, 1.807) is 6.92 Å². The maximum absolute atomic E-state index is 12.0. The monoisotopic (exact) mass is 225 g/mol. The first-order chi connectivity index (χ1) is 7.57. The molecule has 2 N–H and O–H groups in total. The largest absolute Gasteiger partial charge is 0.390 e. The van der Waals surface area contributed by atoms with E-state index >= 15 is 0 Å². The Hall–Kier alpha value is -0.940. The molecule has 88 valence electrons. The number of aliphatic hydroxyl groups excluding tert-OH is 2. The lowest BCUT2D eigenvalue weighted by atomic mass is 9.78. The van der Waals surface area contributed by atoms with Gasteiger partial charge in [-0.25, -0.2) is 0 Å². The molecule has 3 aliphatic rings. The zero-order valence-electron chi connectivity index (χ0n) is 9.04. The van der Waals surface area contributed by atoms with E-state index in [-0.39, 0.29) is 35.5 Å². The second-order valence-corrected chi connectivity index (χ2v) is 5.02. The number of imide groups is 1. The standard InChI is InChI=1S/C11H15NO4/c1-2-12-10(15)6-4-3-5(7(6)11(12)16)9(14)8(4)13/h4-9,13-14H,2-3H2,1H3. The molecule has 2 bridgehead atoms. The molecular formula is C11H15NO4. The molecular weight excluding hydrogens is 210 g/mol. The number of aliphatic hydroxyl groups is 2. The topological polar surface area (TPSA) is 77.8 Å². The summed E-state index contributed by atoms with van der Waals surface area (Å²) in [5.41, 5.74) is 0. The lowest BCUT2D eigenvalue weighted by Crippen LogP contribution is -2.43. The van der Waals surface area contributed by atoms with Gasteiger partial charge in [0, 0.05) is 18.4 Å². The summed E-state index contributed by atoms with van der Waals surface area (Å²) < 4.78 is 0. The molecule has 2 saturated carbocycles. The lowest BCUT2D eigenvalue weighted by molar-refractivity contribution is -0.140. The normalized spacial score (nSPS) is 50.3. The van der Waals surface area contributed by atoms with Crippen molar-refractivity contribution in [2.45, 2.75) is 25.6 Å². The highest BCUT2D eigenvalue weighted by Crippen LogP contribution is 2.56. The third-order valence-corrected chi connectivity index (χ3v) is 4.50. The Bertz CT molecular complexity index is 337. The molecule has 5 nitrogen and oxygen atoms in total. The molecule has 0 aromatic carbocycles. The summed E-state index contributed by atoms with van der Waals surface area (Å²) in [5.74, 6) is -1.52. The number of hydrogen-bond donors (Lipinski definition) is 2. The fraction of sp³-hybridized carbons (Fsp3) is 0.818. The molecule has 2 amide bonds. The van der Waals surface area contributed by atoms with Crippen LogP contribution in [0.1, 0.15) is 13.3 Å². The van der Waals surface area contributed by atoms with Crippen LogP contribution in [0.3, 0.4) is 0 Å². The quantitative estimate of drug-likeness (QED) is 0.560. The molecule has 0 radical (unpaired) electrons. The Labute approximate surface area is 93.0 Å². The van der Waals surface area contributed by atoms with Crippen molar-refractivity contribution in [2.75, 3.05) is 6.54 Å². The van der Waals surface area contributed by atoms with Crippen LogP contribution in [0.25, 0.3) is 0 Å². The van der Waals surface area contributed by atoms with Gasteiger partial charge in [-0.1, -0.05) is 0 Å². The van der Waals surface area contributed by atoms with Gasteiger partial charge in [0.05, 0.1) is 24.0 Å². The van der Waals surface area contributed by atoms with Crippen molar-refractivity contribution in [1.29, 1.82) is 0 Å². The molecule has 1 aliphatic heterocycles. The number of carbonyl (C=O) groups excluding carboxylic acids is 2. The predicted octanol–water partition coefficient (Wildman–Crippen LogP) is -1.02. The van der Waals surface area contributed by atoms with Gasteiger partial charge in [0.1, 0.15) is 0 Å². The van der Waals surface area contributed by atoms with Gasteiger partial charge in [-0.15, -0.1) is 0 Å². The first-order valence-electron chi connectivity index (χ1n) is 5.79. The maximum Gasteiger partial charge on any atom is 0.233 e. The number of nitrogens with zero attached hydrogens (tertiary/aromatic N) is 1. The molecule has 1 saturated heterocycles. The van der Waals surface area contributed by atoms with Gasteiger partial charge in [0.25, 0.3) is 0 Å². The van der Waals surface area contributed by atoms with Crippen LogP contribution >= 0.6 is 0 Å². The second-order valence-electron chi connectivity index (χ2n) is 5.02. The van der Waals surface area contributed by atoms with Crippen LogP contribution in [0.4, 0.5) is 0 Å². The molecule has 0 aromatic heterocycles. The van der Waals surface area contributed by atoms with Crippen LogP contribution in [-0.2, 0) is 9.59 Å². The van der Waals surface area contributed by atoms with Crippen LogP contribution in [0.15, 0.2) is 0 Å². The minimum Gasteiger partial charge on any atom is -0.390 e. The highest BCUT2D eigenvalue weighted by molar-refractivity contribution is 6.06. The molecule has 16 heavy (non-hydrogen) atoms. The molecule has 3 rings (SSSR count). The van der Waals surface area contributed by atoms with E-state index in [0.29, 0.717) is 13.0 Å². The third-order valence-electron chi connectivity index (χ3n) is 4.50. The Kier molecular flexibility index (Phi) is 1.95. The molecule has 2 aliphatic carbocycles. The first-order valence-corrected chi connectivity index (χ1v) is 5.79. The average molecular weight is 225 g/mol. The first kappa shape index (κ1) is 10.2. The number of hydrogen-bond acceptors (Lipinski definition) is 4. The smallest absolute Gasteiger partial charge is 0.233 e. The molecule has 6 unspecified atom stereocenters. The zero-order valence-corrected chi connectivity index (χ0v) is 9.04. The molecule has 0 spiro atoms. The van der Waals surface area contributed by atoms with E-state index in [1.807, 2.05) is 0 Å². The van der Waals surface area contributed by atoms with Crippen LogP contribution in [0.5, 0.6) is 0 Å². The van der Waals surface area contributed by atoms with Gasteiger partial charge >= 0.3 is 0 Å². The number of carbonyl (C=O) groups is 2. The molecule has 5 heteroatoms. The maximum atomic E-state index is 12.0. The van der Waals surface area contributed by atoms with E-state index in [9.17, 15) is 19.8 Å². The Morgan fingerprint density at radius 3 is 1.94 bits per heavy atom. The van der Waals surface area contributed by atoms with E-state index in [0.717, 1.165) is 0 Å². The minimum absolute atomic E-state index is 0.157. The number of rotatable bonds is 1. The van der Waals surface area contributed by atoms with Gasteiger partial charge in [-0.3, -0.25) is 14.5 Å². The molecule has 1 heterocycles. The fourth-order valence-electron chi connectivity index (χ4n) is 3.80. The highest BCUT2D eigenvalue weighted by atomic mass is 16.3. The van der Waals surface area contributed by atoms with Crippen molar-refractivity contribution < 1.29 is 19.8 Å². The summed E-state index contributed by atoms with van der Waals surface area (Å²) in [6, 6.07) is 0. The van der Waals surface area contributed by atoms with Gasteiger partial charge in [0.2, 0.25) is 11.8 Å². The third kappa shape index (κ3) is 0.936. The minimum atomic E-state index is -0.834. The van der Waals surface area contributed by atoms with Crippen molar-refractivity contribution in [2.24, 2.45) is 23.7 Å². The highest BCUT2D eigenvalue weighted by Gasteiger charge is 2.66. The summed E-state index contributed by atoms with van der Waals surface area (Å²) in [6.45, 7) is 2.15. The SMILES string of the molecule is CCN1C(=O)C2C3CC(C(O)C3O)C2C1=O. The summed E-state index contributed by atoms with van der Waals surface area (Å²) in [7, 11) is 0.